The Morgan fingerprint density at radius 3 is 2.78 bits per heavy atom. The number of benzene rings is 1. The van der Waals surface area contributed by atoms with E-state index in [4.69, 9.17) is 9.47 Å². The first kappa shape index (κ1) is 10.7. The fourth-order valence-electron chi connectivity index (χ4n) is 3.10. The van der Waals surface area contributed by atoms with Crippen LogP contribution in [0.3, 0.4) is 0 Å². The van der Waals surface area contributed by atoms with E-state index in [9.17, 15) is 0 Å². The van der Waals surface area contributed by atoms with Gasteiger partial charge in [-0.15, -0.1) is 0 Å². The molecule has 3 aliphatic rings. The summed E-state index contributed by atoms with van der Waals surface area (Å²) in [5.41, 5.74) is 2.88. The number of ether oxygens (including phenoxy) is 2. The van der Waals surface area contributed by atoms with Gasteiger partial charge in [-0.2, -0.15) is 0 Å². The summed E-state index contributed by atoms with van der Waals surface area (Å²) in [4.78, 5) is 0. The van der Waals surface area contributed by atoms with Crippen molar-refractivity contribution in [1.29, 1.82) is 0 Å². The molecule has 1 aromatic carbocycles. The van der Waals surface area contributed by atoms with Crippen LogP contribution < -0.4 is 14.8 Å². The second-order valence-electron chi connectivity index (χ2n) is 5.68. The summed E-state index contributed by atoms with van der Waals surface area (Å²) in [5, 5.41) is 3.65. The van der Waals surface area contributed by atoms with Crippen LogP contribution in [0.5, 0.6) is 11.5 Å². The van der Waals surface area contributed by atoms with Crippen LogP contribution in [0.25, 0.3) is 0 Å². The van der Waals surface area contributed by atoms with Gasteiger partial charge < -0.3 is 14.8 Å². The summed E-state index contributed by atoms with van der Waals surface area (Å²) in [7, 11) is 0. The zero-order valence-corrected chi connectivity index (χ0v) is 10.6. The topological polar surface area (TPSA) is 30.5 Å². The Labute approximate surface area is 107 Å². The van der Waals surface area contributed by atoms with E-state index in [0.29, 0.717) is 12.8 Å². The maximum Gasteiger partial charge on any atom is 0.231 e. The minimum absolute atomic E-state index is 0.373. The van der Waals surface area contributed by atoms with Crippen molar-refractivity contribution in [3.8, 4) is 11.5 Å². The molecule has 0 aromatic heterocycles. The van der Waals surface area contributed by atoms with Gasteiger partial charge in [0.2, 0.25) is 6.79 Å². The Kier molecular flexibility index (Phi) is 2.47. The molecule has 1 atom stereocenters. The number of fused-ring (bicyclic) bond motifs is 2. The minimum Gasteiger partial charge on any atom is -0.454 e. The molecule has 1 aromatic rings. The van der Waals surface area contributed by atoms with E-state index in [0.717, 1.165) is 30.4 Å². The molecule has 0 bridgehead atoms. The van der Waals surface area contributed by atoms with Crippen LogP contribution in [0, 0.1) is 5.92 Å². The van der Waals surface area contributed by atoms with E-state index in [-0.39, 0.29) is 0 Å². The molecule has 1 N–H and O–H groups in total. The lowest BCUT2D eigenvalue weighted by molar-refractivity contribution is 0.174. The second kappa shape index (κ2) is 4.16. The molecule has 0 saturated heterocycles. The van der Waals surface area contributed by atoms with Gasteiger partial charge in [0.05, 0.1) is 0 Å². The SMILES string of the molecule is c1c2c(cc3c1OCO3)C(CCC1CC1)NCC2. The van der Waals surface area contributed by atoms with Crippen LogP contribution in [-0.2, 0) is 6.42 Å². The van der Waals surface area contributed by atoms with Gasteiger partial charge in [-0.25, -0.2) is 0 Å². The fourth-order valence-corrected chi connectivity index (χ4v) is 3.10. The van der Waals surface area contributed by atoms with Gasteiger partial charge in [0.15, 0.2) is 11.5 Å². The fraction of sp³-hybridized carbons (Fsp3) is 0.600. The molecule has 0 spiro atoms. The predicted molar refractivity (Wildman–Crippen MR) is 69.0 cm³/mol. The molecular formula is C15H19NO2. The summed E-state index contributed by atoms with van der Waals surface area (Å²) in [6, 6.07) is 4.90. The lowest BCUT2D eigenvalue weighted by atomic mass is 9.90. The zero-order chi connectivity index (χ0) is 11.9. The normalized spacial score (nSPS) is 25.0. The highest BCUT2D eigenvalue weighted by molar-refractivity contribution is 5.50. The summed E-state index contributed by atoms with van der Waals surface area (Å²) < 4.78 is 11.0. The van der Waals surface area contributed by atoms with Crippen molar-refractivity contribution in [3.63, 3.8) is 0 Å². The first-order valence-electron chi connectivity index (χ1n) is 7.06. The number of hydrogen-bond donors (Lipinski definition) is 1. The molecule has 2 heterocycles. The first-order valence-corrected chi connectivity index (χ1v) is 7.06. The van der Waals surface area contributed by atoms with Gasteiger partial charge in [0.1, 0.15) is 0 Å². The molecular weight excluding hydrogens is 226 g/mol. The molecule has 1 aliphatic carbocycles. The smallest absolute Gasteiger partial charge is 0.231 e. The molecule has 1 unspecified atom stereocenters. The van der Waals surface area contributed by atoms with Crippen molar-refractivity contribution in [2.75, 3.05) is 13.3 Å². The summed E-state index contributed by atoms with van der Waals surface area (Å²) >= 11 is 0. The molecule has 4 rings (SSSR count). The minimum atomic E-state index is 0.373. The van der Waals surface area contributed by atoms with Gasteiger partial charge >= 0.3 is 0 Å². The third-order valence-electron chi connectivity index (χ3n) is 4.36. The Balaban J connectivity index is 1.60. The average Bonchev–Trinajstić information content (AvgIpc) is 3.11. The Hall–Kier alpha value is -1.22. The summed E-state index contributed by atoms with van der Waals surface area (Å²) in [5.74, 6) is 2.86. The Bertz CT molecular complexity index is 468. The van der Waals surface area contributed by atoms with Gasteiger partial charge in [-0.1, -0.05) is 12.8 Å². The summed E-state index contributed by atoms with van der Waals surface area (Å²) in [6.45, 7) is 1.46. The Morgan fingerprint density at radius 2 is 1.94 bits per heavy atom. The molecule has 3 heteroatoms. The number of rotatable bonds is 3. The molecule has 3 nitrogen and oxygen atoms in total. The summed E-state index contributed by atoms with van der Waals surface area (Å²) in [6.07, 6.45) is 6.62. The highest BCUT2D eigenvalue weighted by atomic mass is 16.7. The average molecular weight is 245 g/mol. The quantitative estimate of drug-likeness (QED) is 0.888. The third-order valence-corrected chi connectivity index (χ3v) is 4.36. The van der Waals surface area contributed by atoms with E-state index in [1.54, 1.807) is 0 Å². The van der Waals surface area contributed by atoms with E-state index in [1.807, 2.05) is 0 Å². The lowest BCUT2D eigenvalue weighted by Crippen LogP contribution is -2.29. The highest BCUT2D eigenvalue weighted by Gasteiger charge is 2.27. The van der Waals surface area contributed by atoms with Crippen LogP contribution >= 0.6 is 0 Å². The molecule has 1 saturated carbocycles. The predicted octanol–water partition coefficient (Wildman–Crippen LogP) is 2.79. The molecule has 18 heavy (non-hydrogen) atoms. The second-order valence-corrected chi connectivity index (χ2v) is 5.68. The molecule has 96 valence electrons. The van der Waals surface area contributed by atoms with E-state index in [2.05, 4.69) is 17.4 Å². The van der Waals surface area contributed by atoms with Crippen LogP contribution in [0.1, 0.15) is 42.9 Å². The number of nitrogens with one attached hydrogen (secondary N) is 1. The van der Waals surface area contributed by atoms with E-state index < -0.39 is 0 Å². The third kappa shape index (κ3) is 1.87. The standard InChI is InChI=1S/C15H19NO2/c1-2-10(1)3-4-13-12-8-15-14(17-9-18-15)7-11(12)5-6-16-13/h7-8,10,13,16H,1-6,9H2. The van der Waals surface area contributed by atoms with Gasteiger partial charge in [-0.3, -0.25) is 0 Å². The van der Waals surface area contributed by atoms with Crippen molar-refractivity contribution < 1.29 is 9.47 Å². The maximum atomic E-state index is 5.50. The maximum absolute atomic E-state index is 5.50. The molecule has 0 radical (unpaired) electrons. The zero-order valence-electron chi connectivity index (χ0n) is 10.6. The molecule has 0 amide bonds. The molecule has 1 fully saturated rings. The first-order chi connectivity index (χ1) is 8.90. The molecule has 2 aliphatic heterocycles. The van der Waals surface area contributed by atoms with Gasteiger partial charge in [0.25, 0.3) is 0 Å². The monoisotopic (exact) mass is 245 g/mol. The van der Waals surface area contributed by atoms with Crippen LogP contribution in [-0.4, -0.2) is 13.3 Å². The Morgan fingerprint density at radius 1 is 1.11 bits per heavy atom. The van der Waals surface area contributed by atoms with Crippen LogP contribution in [0.2, 0.25) is 0 Å². The van der Waals surface area contributed by atoms with Gasteiger partial charge in [-0.05, 0) is 55.0 Å². The van der Waals surface area contributed by atoms with E-state index in [1.165, 1.54) is 36.8 Å². The van der Waals surface area contributed by atoms with Crippen LogP contribution in [0.15, 0.2) is 12.1 Å². The number of hydrogen-bond acceptors (Lipinski definition) is 3. The largest absolute Gasteiger partial charge is 0.454 e. The van der Waals surface area contributed by atoms with Crippen molar-refractivity contribution in [2.24, 2.45) is 5.92 Å². The van der Waals surface area contributed by atoms with E-state index >= 15 is 0 Å². The highest BCUT2D eigenvalue weighted by Crippen LogP contribution is 2.41. The van der Waals surface area contributed by atoms with Gasteiger partial charge in [0, 0.05) is 6.04 Å². The van der Waals surface area contributed by atoms with Crippen molar-refractivity contribution in [1.82, 2.24) is 5.32 Å². The lowest BCUT2D eigenvalue weighted by Gasteiger charge is -2.27. The van der Waals surface area contributed by atoms with Crippen molar-refractivity contribution >= 4 is 0 Å². The van der Waals surface area contributed by atoms with Crippen LogP contribution in [0.4, 0.5) is 0 Å². The van der Waals surface area contributed by atoms with Crippen molar-refractivity contribution in [2.45, 2.75) is 38.1 Å². The van der Waals surface area contributed by atoms with Crippen molar-refractivity contribution in [3.05, 3.63) is 23.3 Å².